The van der Waals surface area contributed by atoms with E-state index in [9.17, 15) is 8.78 Å². The number of aryl methyl sites for hydroxylation is 1. The number of hydrogen-bond donors (Lipinski definition) is 0. The molecule has 1 nitrogen and oxygen atoms in total. The topological polar surface area (TPSA) is 3.24 Å². The zero-order valence-corrected chi connectivity index (χ0v) is 11.1. The molecule has 1 aromatic carbocycles. The molecule has 0 aromatic heterocycles. The number of hydrogen-bond acceptors (Lipinski definition) is 1. The fourth-order valence-electron chi connectivity index (χ4n) is 2.13. The minimum atomic E-state index is -2.70. The molecular weight excluding hydrogens is 220 g/mol. The standard InChI is InChI=1S/C12H15F2N.C2H6/c1-3-9-4-5-11-10(6-9)7-15(2)8-12(11,13)14;1-2/h4-6H,3,7-8H2,1-2H3;1-2H3. The van der Waals surface area contributed by atoms with Crippen molar-refractivity contribution in [1.82, 2.24) is 4.90 Å². The third-order valence-corrected chi connectivity index (χ3v) is 2.88. The predicted molar refractivity (Wildman–Crippen MR) is 67.4 cm³/mol. The summed E-state index contributed by atoms with van der Waals surface area (Å²) in [4.78, 5) is 1.67. The molecule has 96 valence electrons. The van der Waals surface area contributed by atoms with Crippen molar-refractivity contribution in [2.45, 2.75) is 39.7 Å². The van der Waals surface area contributed by atoms with Gasteiger partial charge in [0.15, 0.2) is 0 Å². The van der Waals surface area contributed by atoms with Crippen LogP contribution in [0.4, 0.5) is 8.78 Å². The summed E-state index contributed by atoms with van der Waals surface area (Å²) in [6, 6.07) is 5.29. The number of rotatable bonds is 1. The van der Waals surface area contributed by atoms with Crippen LogP contribution in [-0.2, 0) is 18.9 Å². The molecule has 0 N–H and O–H groups in total. The van der Waals surface area contributed by atoms with Crippen LogP contribution in [0.3, 0.4) is 0 Å². The summed E-state index contributed by atoms with van der Waals surface area (Å²) < 4.78 is 27.3. The molecule has 0 amide bonds. The third-order valence-electron chi connectivity index (χ3n) is 2.88. The normalized spacial score (nSPS) is 18.0. The average molecular weight is 241 g/mol. The van der Waals surface area contributed by atoms with Crippen molar-refractivity contribution in [3.05, 3.63) is 34.9 Å². The summed E-state index contributed by atoms with van der Waals surface area (Å²) in [6.45, 7) is 6.48. The largest absolute Gasteiger partial charge is 0.296 e. The van der Waals surface area contributed by atoms with Crippen LogP contribution < -0.4 is 0 Å². The smallest absolute Gasteiger partial charge is 0.285 e. The van der Waals surface area contributed by atoms with Crippen LogP contribution in [0, 0.1) is 0 Å². The van der Waals surface area contributed by atoms with Crippen LogP contribution in [0.1, 0.15) is 37.5 Å². The molecule has 1 aromatic rings. The van der Waals surface area contributed by atoms with Crippen LogP contribution in [-0.4, -0.2) is 18.5 Å². The number of benzene rings is 1. The Bertz CT molecular complexity index is 374. The highest BCUT2D eigenvalue weighted by atomic mass is 19.3. The van der Waals surface area contributed by atoms with Gasteiger partial charge in [0.05, 0.1) is 6.54 Å². The first-order chi connectivity index (χ1) is 8.03. The Kier molecular flexibility index (Phi) is 4.63. The molecule has 0 atom stereocenters. The number of alkyl halides is 2. The van der Waals surface area contributed by atoms with E-state index < -0.39 is 5.92 Å². The van der Waals surface area contributed by atoms with E-state index in [1.54, 1.807) is 24.1 Å². The molecule has 1 heterocycles. The van der Waals surface area contributed by atoms with Gasteiger partial charge in [-0.3, -0.25) is 4.90 Å². The molecule has 2 rings (SSSR count). The summed E-state index contributed by atoms with van der Waals surface area (Å²) in [5.41, 5.74) is 2.10. The Labute approximate surface area is 102 Å². The van der Waals surface area contributed by atoms with E-state index >= 15 is 0 Å². The lowest BCUT2D eigenvalue weighted by atomic mass is 9.94. The van der Waals surface area contributed by atoms with Crippen LogP contribution in [0.15, 0.2) is 18.2 Å². The van der Waals surface area contributed by atoms with Crippen molar-refractivity contribution in [2.24, 2.45) is 0 Å². The van der Waals surface area contributed by atoms with Gasteiger partial charge in [-0.25, -0.2) is 0 Å². The van der Waals surface area contributed by atoms with E-state index in [-0.39, 0.29) is 12.1 Å². The van der Waals surface area contributed by atoms with Gasteiger partial charge in [-0.15, -0.1) is 0 Å². The quantitative estimate of drug-likeness (QED) is 0.722. The van der Waals surface area contributed by atoms with Gasteiger partial charge in [0.2, 0.25) is 0 Å². The minimum absolute atomic E-state index is 0.175. The maximum atomic E-state index is 13.6. The molecule has 1 aliphatic rings. The Morgan fingerprint density at radius 1 is 1.29 bits per heavy atom. The lowest BCUT2D eigenvalue weighted by molar-refractivity contribution is -0.0455. The summed E-state index contributed by atoms with van der Waals surface area (Å²) in [7, 11) is 1.73. The number of halogens is 2. The summed E-state index contributed by atoms with van der Waals surface area (Å²) in [5.74, 6) is -2.70. The van der Waals surface area contributed by atoms with Crippen LogP contribution in [0.5, 0.6) is 0 Å². The predicted octanol–water partition coefficient (Wildman–Crippen LogP) is 3.81. The maximum Gasteiger partial charge on any atom is 0.285 e. The zero-order chi connectivity index (χ0) is 13.1. The molecule has 0 fully saturated rings. The highest BCUT2D eigenvalue weighted by Gasteiger charge is 2.38. The molecule has 0 radical (unpaired) electrons. The van der Waals surface area contributed by atoms with E-state index in [1.165, 1.54) is 0 Å². The van der Waals surface area contributed by atoms with Crippen molar-refractivity contribution in [2.75, 3.05) is 13.6 Å². The molecule has 3 heteroatoms. The molecule has 17 heavy (non-hydrogen) atoms. The Balaban J connectivity index is 0.000000686. The van der Waals surface area contributed by atoms with E-state index in [2.05, 4.69) is 0 Å². The second-order valence-electron chi connectivity index (χ2n) is 4.22. The van der Waals surface area contributed by atoms with Gasteiger partial charge in [0.1, 0.15) is 0 Å². The van der Waals surface area contributed by atoms with Gasteiger partial charge < -0.3 is 0 Å². The van der Waals surface area contributed by atoms with Crippen LogP contribution in [0.25, 0.3) is 0 Å². The van der Waals surface area contributed by atoms with Gasteiger partial charge >= 0.3 is 0 Å². The first-order valence-electron chi connectivity index (χ1n) is 6.21. The fourth-order valence-corrected chi connectivity index (χ4v) is 2.13. The molecule has 0 spiro atoms. The van der Waals surface area contributed by atoms with Crippen molar-refractivity contribution in [3.63, 3.8) is 0 Å². The first kappa shape index (κ1) is 14.1. The molecule has 0 saturated heterocycles. The van der Waals surface area contributed by atoms with Crippen LogP contribution >= 0.6 is 0 Å². The first-order valence-corrected chi connectivity index (χ1v) is 6.21. The Hall–Kier alpha value is -0.960. The highest BCUT2D eigenvalue weighted by molar-refractivity contribution is 5.37. The third kappa shape index (κ3) is 3.03. The van der Waals surface area contributed by atoms with Gasteiger partial charge in [0.25, 0.3) is 5.92 Å². The second kappa shape index (κ2) is 5.58. The van der Waals surface area contributed by atoms with E-state index in [1.807, 2.05) is 26.8 Å². The molecule has 0 unspecified atom stereocenters. The van der Waals surface area contributed by atoms with Gasteiger partial charge in [0, 0.05) is 12.1 Å². The molecular formula is C14H21F2N. The number of likely N-dealkylation sites (N-methyl/N-ethyl adjacent to an activating group) is 1. The van der Waals surface area contributed by atoms with Crippen molar-refractivity contribution >= 4 is 0 Å². The van der Waals surface area contributed by atoms with Crippen molar-refractivity contribution in [1.29, 1.82) is 0 Å². The lowest BCUT2D eigenvalue weighted by Gasteiger charge is -2.32. The van der Waals surface area contributed by atoms with Crippen molar-refractivity contribution in [3.8, 4) is 0 Å². The fraction of sp³-hybridized carbons (Fsp3) is 0.571. The maximum absolute atomic E-state index is 13.6. The average Bonchev–Trinajstić information content (AvgIpc) is 2.29. The van der Waals surface area contributed by atoms with E-state index in [0.717, 1.165) is 17.5 Å². The molecule has 0 bridgehead atoms. The van der Waals surface area contributed by atoms with E-state index in [0.29, 0.717) is 6.54 Å². The second-order valence-corrected chi connectivity index (χ2v) is 4.22. The van der Waals surface area contributed by atoms with E-state index in [4.69, 9.17) is 0 Å². The number of nitrogens with zero attached hydrogens (tertiary/aromatic N) is 1. The number of fused-ring (bicyclic) bond motifs is 1. The van der Waals surface area contributed by atoms with Crippen LogP contribution in [0.2, 0.25) is 0 Å². The summed E-state index contributed by atoms with van der Waals surface area (Å²) in [6.07, 6.45) is 0.891. The molecule has 0 aliphatic carbocycles. The highest BCUT2D eigenvalue weighted by Crippen LogP contribution is 2.36. The van der Waals surface area contributed by atoms with Gasteiger partial charge in [-0.2, -0.15) is 8.78 Å². The molecule has 1 aliphatic heterocycles. The Morgan fingerprint density at radius 3 is 2.53 bits per heavy atom. The summed E-state index contributed by atoms with van der Waals surface area (Å²) >= 11 is 0. The zero-order valence-electron chi connectivity index (χ0n) is 11.1. The Morgan fingerprint density at radius 2 is 1.94 bits per heavy atom. The summed E-state index contributed by atoms with van der Waals surface area (Å²) in [5, 5.41) is 0. The van der Waals surface area contributed by atoms with Crippen molar-refractivity contribution < 1.29 is 8.78 Å². The van der Waals surface area contributed by atoms with Gasteiger partial charge in [-0.05, 0) is 24.6 Å². The SMILES string of the molecule is CC.CCc1ccc2c(c1)CN(C)CC2(F)F. The monoisotopic (exact) mass is 241 g/mol. The van der Waals surface area contributed by atoms with Gasteiger partial charge in [-0.1, -0.05) is 39.0 Å². The lowest BCUT2D eigenvalue weighted by Crippen LogP contribution is -2.38. The molecule has 0 saturated carbocycles. The minimum Gasteiger partial charge on any atom is -0.296 e.